The number of carbonyl (C=O) groups is 4. The molecule has 14 nitrogen and oxygen atoms in total. The smallest absolute Gasteiger partial charge is 0.408 e. The number of halogens is 2. The van der Waals surface area contributed by atoms with Crippen molar-refractivity contribution in [2.75, 3.05) is 13.7 Å². The monoisotopic (exact) mass is 821 g/mol. The molecule has 1 saturated heterocycles. The minimum atomic E-state index is -4.13. The third-order valence-electron chi connectivity index (χ3n) is 10.8. The van der Waals surface area contributed by atoms with Crippen molar-refractivity contribution in [3.8, 4) is 16.2 Å². The second-order valence-corrected chi connectivity index (χ2v) is 18.9. The first-order valence-electron chi connectivity index (χ1n) is 18.9. The van der Waals surface area contributed by atoms with Gasteiger partial charge in [-0.05, 0) is 80.0 Å². The van der Waals surface area contributed by atoms with Crippen molar-refractivity contribution in [2.24, 2.45) is 16.5 Å². The molecule has 0 bridgehead atoms. The van der Waals surface area contributed by atoms with Crippen LogP contribution in [0, 0.1) is 11.3 Å². The molecule has 306 valence electrons. The van der Waals surface area contributed by atoms with E-state index in [0.717, 1.165) is 29.7 Å². The molecule has 0 radical (unpaired) electrons. The van der Waals surface area contributed by atoms with Crippen molar-refractivity contribution in [3.05, 3.63) is 41.3 Å². The molecule has 18 heteroatoms. The summed E-state index contributed by atoms with van der Waals surface area (Å²) in [6, 6.07) is 6.77. The van der Waals surface area contributed by atoms with E-state index in [1.54, 1.807) is 26.8 Å². The zero-order chi connectivity index (χ0) is 40.4. The fourth-order valence-corrected chi connectivity index (χ4v) is 9.45. The van der Waals surface area contributed by atoms with Crippen LogP contribution in [0.15, 0.2) is 40.9 Å². The number of sulfonamides is 1. The van der Waals surface area contributed by atoms with Crippen LogP contribution in [0.1, 0.15) is 84.1 Å². The van der Waals surface area contributed by atoms with Gasteiger partial charge in [-0.2, -0.15) is 0 Å². The maximum absolute atomic E-state index is 14.5. The molecule has 0 unspecified atom stereocenters. The Morgan fingerprint density at radius 2 is 1.79 bits per heavy atom. The summed E-state index contributed by atoms with van der Waals surface area (Å²) >= 11 is 1.53. The van der Waals surface area contributed by atoms with Crippen LogP contribution in [0.5, 0.6) is 5.75 Å². The van der Waals surface area contributed by atoms with Gasteiger partial charge in [0.2, 0.25) is 28.3 Å². The van der Waals surface area contributed by atoms with Crippen LogP contribution in [-0.2, 0) is 34.0 Å². The van der Waals surface area contributed by atoms with Gasteiger partial charge in [-0.25, -0.2) is 22.0 Å². The van der Waals surface area contributed by atoms with Crippen LogP contribution < -0.4 is 20.1 Å². The Balaban J connectivity index is 1.25. The molecule has 2 aromatic rings. The quantitative estimate of drug-likeness (QED) is 0.175. The molecule has 56 heavy (non-hydrogen) atoms. The molecule has 4 fully saturated rings. The number of thiophene rings is 1. The minimum Gasteiger partial charge on any atom is -0.497 e. The molecular weight excluding hydrogens is 773 g/mol. The Bertz CT molecular complexity index is 1910. The van der Waals surface area contributed by atoms with Gasteiger partial charge in [-0.3, -0.25) is 19.1 Å². The van der Waals surface area contributed by atoms with E-state index < -0.39 is 87.0 Å². The second-order valence-electron chi connectivity index (χ2n) is 16.0. The zero-order valence-electron chi connectivity index (χ0n) is 31.8. The van der Waals surface area contributed by atoms with Crippen LogP contribution in [0.4, 0.5) is 13.6 Å². The number of nitrogens with zero attached hydrogens (tertiary/aromatic N) is 2. The van der Waals surface area contributed by atoms with E-state index in [4.69, 9.17) is 14.3 Å². The van der Waals surface area contributed by atoms with Gasteiger partial charge in [0.15, 0.2) is 0 Å². The number of nitrogens with one attached hydrogen (secondary N) is 3. The van der Waals surface area contributed by atoms with Gasteiger partial charge in [-0.15, -0.1) is 11.3 Å². The summed E-state index contributed by atoms with van der Waals surface area (Å²) in [5.41, 5.74) is -1.57. The first kappa shape index (κ1) is 41.3. The van der Waals surface area contributed by atoms with E-state index >= 15 is 0 Å². The Labute approximate surface area is 329 Å². The number of rotatable bonds is 14. The zero-order valence-corrected chi connectivity index (χ0v) is 33.4. The number of benzene rings is 1. The molecule has 3 aliphatic carbocycles. The van der Waals surface area contributed by atoms with E-state index in [1.807, 2.05) is 34.4 Å². The second kappa shape index (κ2) is 16.6. The number of alkyl carbamates (subject to hydrolysis) is 1. The van der Waals surface area contributed by atoms with Crippen LogP contribution in [-0.4, -0.2) is 98.5 Å². The Morgan fingerprint density at radius 3 is 2.39 bits per heavy atom. The van der Waals surface area contributed by atoms with Gasteiger partial charge in [-0.1, -0.05) is 38.4 Å². The summed E-state index contributed by atoms with van der Waals surface area (Å²) in [4.78, 5) is 63.1. The first-order chi connectivity index (χ1) is 26.5. The highest BCUT2D eigenvalue weighted by Gasteiger charge is 2.67. The number of alkyl halides is 2. The van der Waals surface area contributed by atoms with Gasteiger partial charge in [0.05, 0.1) is 31.0 Å². The number of amides is 4. The van der Waals surface area contributed by atoms with Gasteiger partial charge in [0.1, 0.15) is 35.6 Å². The van der Waals surface area contributed by atoms with Gasteiger partial charge < -0.3 is 29.8 Å². The number of ether oxygens (including phenoxy) is 2. The molecular formula is C38H49F2N5O9S2. The number of hydrogen-bond donors (Lipinski definition) is 3. The average Bonchev–Trinajstić information content (AvgIpc) is 4.03. The Kier molecular flexibility index (Phi) is 12.3. The number of methoxy groups -OCH3 is 1. The lowest BCUT2D eigenvalue weighted by molar-refractivity contribution is -0.143. The molecule has 1 aromatic heterocycles. The lowest BCUT2D eigenvalue weighted by Crippen LogP contribution is -2.60. The normalized spacial score (nSPS) is 24.8. The topological polar surface area (TPSA) is 182 Å². The van der Waals surface area contributed by atoms with Crippen LogP contribution >= 0.6 is 11.3 Å². The summed E-state index contributed by atoms with van der Waals surface area (Å²) in [6.07, 6.45) is 0.751. The van der Waals surface area contributed by atoms with Gasteiger partial charge in [0, 0.05) is 22.4 Å². The minimum absolute atomic E-state index is 0.161. The first-order valence-corrected chi connectivity index (χ1v) is 21.3. The summed E-state index contributed by atoms with van der Waals surface area (Å²) in [5, 5.41) is 10.4. The van der Waals surface area contributed by atoms with Crippen molar-refractivity contribution in [1.29, 1.82) is 0 Å². The standard InChI is InChI=1S/C38H49F2N5O9S2/c1-37(2,3)31(42-36(49)53-23-9-6-5-7-10-23)34(47)45-21-25(54-41-20-22-17-24(52-4)12-15-27(22)30-11-8-16-55-30)18-29(45)33(46)43-38(19-28(38)32(39)40)35(48)44-56(50,51)26-13-14-26/h8,11-12,15-17,20,23,25-26,28-29,31-32H,5-7,9-10,13-14,18-19,21H2,1-4H3,(H,42,49)(H,43,46)(H,44,48)/b41-20+/t25-,28+,29+,31-,38+/m1/s1. The number of hydrogen-bond acceptors (Lipinski definition) is 11. The Hall–Kier alpha value is -4.32. The van der Waals surface area contributed by atoms with Crippen molar-refractivity contribution >= 4 is 51.4 Å². The maximum atomic E-state index is 14.5. The van der Waals surface area contributed by atoms with Gasteiger partial charge in [0.25, 0.3) is 5.91 Å². The number of likely N-dealkylation sites (tertiary alicyclic amines) is 1. The molecule has 3 saturated carbocycles. The molecule has 1 aromatic carbocycles. The summed E-state index contributed by atoms with van der Waals surface area (Å²) in [5.74, 6) is -3.95. The van der Waals surface area contributed by atoms with Crippen molar-refractivity contribution in [2.45, 2.75) is 120 Å². The molecule has 4 aliphatic rings. The fourth-order valence-electron chi connectivity index (χ4n) is 7.31. The summed E-state index contributed by atoms with van der Waals surface area (Å²) in [7, 11) is -2.59. The van der Waals surface area contributed by atoms with E-state index in [-0.39, 0.29) is 19.1 Å². The highest BCUT2D eigenvalue weighted by atomic mass is 32.2. The SMILES string of the molecule is COc1ccc(-c2cccs2)c(/C=N/O[C@@H]2C[C@@H](C(=O)N[C@@]3(C(=O)NS(=O)(=O)C4CC4)C[C@H]3C(F)F)N(C(=O)[C@@H](NC(=O)OC3CCCCC3)C(C)(C)C)C2)c1. The molecule has 1 aliphatic heterocycles. The third-order valence-corrected chi connectivity index (χ3v) is 13.5. The van der Waals surface area contributed by atoms with E-state index in [0.29, 0.717) is 37.0 Å². The van der Waals surface area contributed by atoms with E-state index in [1.165, 1.54) is 29.6 Å². The molecule has 5 atom stereocenters. The molecule has 4 amide bonds. The Morgan fingerprint density at radius 1 is 1.05 bits per heavy atom. The highest BCUT2D eigenvalue weighted by molar-refractivity contribution is 7.91. The third kappa shape index (κ3) is 9.44. The van der Waals surface area contributed by atoms with Crippen molar-refractivity contribution < 1.29 is 50.7 Å². The molecule has 6 rings (SSSR count). The summed E-state index contributed by atoms with van der Waals surface area (Å²) < 4.78 is 66.4. The highest BCUT2D eigenvalue weighted by Crippen LogP contribution is 2.48. The molecule has 3 N–H and O–H groups in total. The predicted octanol–water partition coefficient (Wildman–Crippen LogP) is 4.97. The molecule has 2 heterocycles. The fraction of sp³-hybridized carbons (Fsp3) is 0.605. The largest absolute Gasteiger partial charge is 0.497 e. The summed E-state index contributed by atoms with van der Waals surface area (Å²) in [6.45, 7) is 5.01. The lowest BCUT2D eigenvalue weighted by atomic mass is 9.85. The average molecular weight is 822 g/mol. The van der Waals surface area contributed by atoms with Crippen LogP contribution in [0.25, 0.3) is 10.4 Å². The van der Waals surface area contributed by atoms with E-state index in [9.17, 15) is 36.4 Å². The number of oxime groups is 1. The van der Waals surface area contributed by atoms with Crippen LogP contribution in [0.2, 0.25) is 0 Å². The van der Waals surface area contributed by atoms with Crippen molar-refractivity contribution in [1.82, 2.24) is 20.3 Å². The molecule has 0 spiro atoms. The van der Waals surface area contributed by atoms with Gasteiger partial charge >= 0.3 is 6.09 Å². The number of carbonyl (C=O) groups excluding carboxylic acids is 4. The predicted molar refractivity (Wildman–Crippen MR) is 204 cm³/mol. The maximum Gasteiger partial charge on any atom is 0.408 e. The lowest BCUT2D eigenvalue weighted by Gasteiger charge is -2.35. The van der Waals surface area contributed by atoms with Crippen molar-refractivity contribution in [3.63, 3.8) is 0 Å². The van der Waals surface area contributed by atoms with E-state index in [2.05, 4.69) is 15.8 Å². The van der Waals surface area contributed by atoms with Crippen LogP contribution in [0.3, 0.4) is 0 Å².